The van der Waals surface area contributed by atoms with Crippen LogP contribution in [-0.4, -0.2) is 10.9 Å². The Kier molecular flexibility index (Phi) is 4.12. The fourth-order valence-corrected chi connectivity index (χ4v) is 3.55. The van der Waals surface area contributed by atoms with Crippen LogP contribution in [0, 0.1) is 17.5 Å². The molecular formula is C18H20N2OS. The number of carbonyl (C=O) groups is 1. The average molecular weight is 312 g/mol. The monoisotopic (exact) mass is 312 g/mol. The third kappa shape index (κ3) is 2.83. The normalized spacial score (nSPS) is 16.9. The summed E-state index contributed by atoms with van der Waals surface area (Å²) >= 11 is 5.44. The minimum atomic E-state index is -0.113. The van der Waals surface area contributed by atoms with Crippen LogP contribution in [0.1, 0.15) is 40.5 Å². The van der Waals surface area contributed by atoms with Crippen molar-refractivity contribution >= 4 is 23.8 Å². The van der Waals surface area contributed by atoms with Crippen LogP contribution in [0.25, 0.3) is 0 Å². The van der Waals surface area contributed by atoms with E-state index in [4.69, 9.17) is 12.2 Å². The second kappa shape index (κ2) is 6.05. The fraction of sp³-hybridized carbons (Fsp3) is 0.333. The number of aromatic amines is 1. The van der Waals surface area contributed by atoms with Crippen molar-refractivity contribution in [2.75, 3.05) is 5.32 Å². The SMILES string of the molecule is Cc1[nH]c(=S)c(C(=O)Nc2ccccc2)c2c1CC[C@H](C)C2. The maximum atomic E-state index is 12.7. The second-order valence-electron chi connectivity index (χ2n) is 6.08. The molecule has 1 atom stereocenters. The van der Waals surface area contributed by atoms with Gasteiger partial charge in [0.2, 0.25) is 0 Å². The molecule has 0 fully saturated rings. The molecular weight excluding hydrogens is 292 g/mol. The Morgan fingerprint density at radius 3 is 2.73 bits per heavy atom. The lowest BCUT2D eigenvalue weighted by atomic mass is 9.82. The first-order valence-electron chi connectivity index (χ1n) is 7.67. The van der Waals surface area contributed by atoms with Crippen LogP contribution in [0.2, 0.25) is 0 Å². The Bertz CT molecular complexity index is 765. The molecule has 0 radical (unpaired) electrons. The lowest BCUT2D eigenvalue weighted by Gasteiger charge is -2.25. The summed E-state index contributed by atoms with van der Waals surface area (Å²) in [6.07, 6.45) is 3.10. The number of benzene rings is 1. The highest BCUT2D eigenvalue weighted by atomic mass is 32.1. The molecule has 0 bridgehead atoms. The van der Waals surface area contributed by atoms with E-state index in [9.17, 15) is 4.79 Å². The van der Waals surface area contributed by atoms with Crippen molar-refractivity contribution < 1.29 is 4.79 Å². The number of para-hydroxylation sites is 1. The molecule has 1 aromatic heterocycles. The largest absolute Gasteiger partial charge is 0.349 e. The summed E-state index contributed by atoms with van der Waals surface area (Å²) in [7, 11) is 0. The molecule has 1 amide bonds. The van der Waals surface area contributed by atoms with E-state index in [0.717, 1.165) is 36.2 Å². The van der Waals surface area contributed by atoms with Gasteiger partial charge in [-0.15, -0.1) is 0 Å². The van der Waals surface area contributed by atoms with Gasteiger partial charge in [0.15, 0.2) is 0 Å². The Hall–Kier alpha value is -1.94. The molecule has 0 spiro atoms. The number of anilines is 1. The molecule has 0 aliphatic heterocycles. The highest BCUT2D eigenvalue weighted by Gasteiger charge is 2.24. The van der Waals surface area contributed by atoms with E-state index < -0.39 is 0 Å². The number of rotatable bonds is 2. The topological polar surface area (TPSA) is 44.9 Å². The number of H-pyrrole nitrogens is 1. The van der Waals surface area contributed by atoms with Crippen molar-refractivity contribution in [1.29, 1.82) is 0 Å². The van der Waals surface area contributed by atoms with Gasteiger partial charge in [0, 0.05) is 11.4 Å². The van der Waals surface area contributed by atoms with E-state index in [-0.39, 0.29) is 5.91 Å². The van der Waals surface area contributed by atoms with Crippen LogP contribution in [0.5, 0.6) is 0 Å². The highest BCUT2D eigenvalue weighted by molar-refractivity contribution is 7.71. The number of aryl methyl sites for hydroxylation is 1. The lowest BCUT2D eigenvalue weighted by Crippen LogP contribution is -2.22. The number of aromatic nitrogens is 1. The number of pyridine rings is 1. The molecule has 3 nitrogen and oxygen atoms in total. The average Bonchev–Trinajstić information content (AvgIpc) is 2.47. The van der Waals surface area contributed by atoms with Crippen LogP contribution >= 0.6 is 12.2 Å². The quantitative estimate of drug-likeness (QED) is 0.806. The molecule has 114 valence electrons. The minimum absolute atomic E-state index is 0.113. The van der Waals surface area contributed by atoms with E-state index in [0.29, 0.717) is 16.1 Å². The van der Waals surface area contributed by atoms with Gasteiger partial charge in [-0.05, 0) is 55.4 Å². The molecule has 4 heteroatoms. The first-order valence-corrected chi connectivity index (χ1v) is 8.08. The van der Waals surface area contributed by atoms with Crippen LogP contribution in [0.4, 0.5) is 5.69 Å². The molecule has 22 heavy (non-hydrogen) atoms. The lowest BCUT2D eigenvalue weighted by molar-refractivity contribution is 0.102. The Labute approximate surface area is 135 Å². The van der Waals surface area contributed by atoms with E-state index in [2.05, 4.69) is 17.2 Å². The van der Waals surface area contributed by atoms with Crippen LogP contribution in [0.15, 0.2) is 30.3 Å². The molecule has 1 aromatic carbocycles. The van der Waals surface area contributed by atoms with Gasteiger partial charge in [-0.2, -0.15) is 0 Å². The first-order chi connectivity index (χ1) is 10.6. The minimum Gasteiger partial charge on any atom is -0.349 e. The zero-order valence-corrected chi connectivity index (χ0v) is 13.7. The summed E-state index contributed by atoms with van der Waals surface area (Å²) in [5.41, 5.74) is 4.94. The molecule has 3 rings (SSSR count). The summed E-state index contributed by atoms with van der Waals surface area (Å²) in [5, 5.41) is 2.96. The Morgan fingerprint density at radius 2 is 2.00 bits per heavy atom. The highest BCUT2D eigenvalue weighted by Crippen LogP contribution is 2.30. The maximum absolute atomic E-state index is 12.7. The summed E-state index contributed by atoms with van der Waals surface area (Å²) in [6.45, 7) is 4.28. The zero-order chi connectivity index (χ0) is 15.7. The molecule has 1 aliphatic rings. The molecule has 0 saturated carbocycles. The summed E-state index contributed by atoms with van der Waals surface area (Å²) in [6, 6.07) is 9.51. The Morgan fingerprint density at radius 1 is 1.27 bits per heavy atom. The number of hydrogen-bond acceptors (Lipinski definition) is 2. The van der Waals surface area contributed by atoms with E-state index in [1.165, 1.54) is 5.56 Å². The molecule has 1 heterocycles. The molecule has 0 unspecified atom stereocenters. The van der Waals surface area contributed by atoms with Gasteiger partial charge in [-0.25, -0.2) is 0 Å². The molecule has 1 aliphatic carbocycles. The van der Waals surface area contributed by atoms with Gasteiger partial charge < -0.3 is 10.3 Å². The van der Waals surface area contributed by atoms with Crippen LogP contribution in [0.3, 0.4) is 0 Å². The standard InChI is InChI=1S/C18H20N2OS/c1-11-8-9-14-12(2)19-18(22)16(15(14)10-11)17(21)20-13-6-4-3-5-7-13/h3-7,11H,8-10H2,1-2H3,(H,19,22)(H,20,21)/t11-/m0/s1. The number of hydrogen-bond donors (Lipinski definition) is 2. The van der Waals surface area contributed by atoms with Crippen LogP contribution < -0.4 is 5.32 Å². The first kappa shape index (κ1) is 15.0. The maximum Gasteiger partial charge on any atom is 0.258 e. The number of nitrogens with one attached hydrogen (secondary N) is 2. The van der Waals surface area contributed by atoms with Crippen molar-refractivity contribution in [2.45, 2.75) is 33.1 Å². The van der Waals surface area contributed by atoms with Crippen molar-refractivity contribution in [2.24, 2.45) is 5.92 Å². The Balaban J connectivity index is 2.03. The molecule has 2 N–H and O–H groups in total. The van der Waals surface area contributed by atoms with Gasteiger partial charge in [0.25, 0.3) is 5.91 Å². The van der Waals surface area contributed by atoms with Gasteiger partial charge in [0.1, 0.15) is 4.64 Å². The van der Waals surface area contributed by atoms with Crippen LogP contribution in [-0.2, 0) is 12.8 Å². The van der Waals surface area contributed by atoms with Crippen molar-refractivity contribution in [3.8, 4) is 0 Å². The van der Waals surface area contributed by atoms with E-state index in [1.54, 1.807) is 0 Å². The predicted octanol–water partition coefficient (Wildman–Crippen LogP) is 4.43. The third-order valence-electron chi connectivity index (χ3n) is 4.35. The third-order valence-corrected chi connectivity index (χ3v) is 4.65. The molecule has 0 saturated heterocycles. The van der Waals surface area contributed by atoms with Crippen molar-refractivity contribution in [1.82, 2.24) is 4.98 Å². The fourth-order valence-electron chi connectivity index (χ4n) is 3.18. The van der Waals surface area contributed by atoms with E-state index >= 15 is 0 Å². The predicted molar refractivity (Wildman–Crippen MR) is 91.9 cm³/mol. The van der Waals surface area contributed by atoms with Gasteiger partial charge in [-0.3, -0.25) is 4.79 Å². The van der Waals surface area contributed by atoms with Gasteiger partial charge >= 0.3 is 0 Å². The second-order valence-corrected chi connectivity index (χ2v) is 6.49. The van der Waals surface area contributed by atoms with Crippen molar-refractivity contribution in [3.63, 3.8) is 0 Å². The van der Waals surface area contributed by atoms with Gasteiger partial charge in [-0.1, -0.05) is 37.3 Å². The summed E-state index contributed by atoms with van der Waals surface area (Å²) in [5.74, 6) is 0.477. The number of fused-ring (bicyclic) bond motifs is 1. The zero-order valence-electron chi connectivity index (χ0n) is 12.9. The van der Waals surface area contributed by atoms with E-state index in [1.807, 2.05) is 37.3 Å². The number of amides is 1. The summed E-state index contributed by atoms with van der Waals surface area (Å²) in [4.78, 5) is 15.9. The molecule has 2 aromatic rings. The smallest absolute Gasteiger partial charge is 0.258 e. The van der Waals surface area contributed by atoms with Crippen molar-refractivity contribution in [3.05, 3.63) is 57.4 Å². The number of carbonyl (C=O) groups excluding carboxylic acids is 1. The van der Waals surface area contributed by atoms with Gasteiger partial charge in [0.05, 0.1) is 5.56 Å². The summed E-state index contributed by atoms with van der Waals surface area (Å²) < 4.78 is 0.541.